The first-order chi connectivity index (χ1) is 10.1. The standard InChI is InChI=1S/C18H22N2O/c1-14(21)20(18(2)11-4-3-5-12-18)16-10-6-8-15-9-7-13-19-17(15)16/h6-10,13H,3-5,11-12H2,1-2H3. The lowest BCUT2D eigenvalue weighted by Gasteiger charge is -2.43. The molecule has 1 aliphatic rings. The van der Waals surface area contributed by atoms with Crippen LogP contribution in [0.15, 0.2) is 36.5 Å². The van der Waals surface area contributed by atoms with Gasteiger partial charge in [0.05, 0.1) is 11.2 Å². The molecule has 1 saturated carbocycles. The maximum atomic E-state index is 12.4. The molecule has 0 N–H and O–H groups in total. The number of carbonyl (C=O) groups excluding carboxylic acids is 1. The Hall–Kier alpha value is -1.90. The van der Waals surface area contributed by atoms with Crippen molar-refractivity contribution in [2.24, 2.45) is 0 Å². The average Bonchev–Trinajstić information content (AvgIpc) is 2.48. The maximum absolute atomic E-state index is 12.4. The van der Waals surface area contributed by atoms with E-state index in [4.69, 9.17) is 0 Å². The quantitative estimate of drug-likeness (QED) is 0.822. The van der Waals surface area contributed by atoms with Crippen molar-refractivity contribution in [3.8, 4) is 0 Å². The van der Waals surface area contributed by atoms with Gasteiger partial charge in [-0.3, -0.25) is 9.78 Å². The Balaban J connectivity index is 2.14. The average molecular weight is 282 g/mol. The third-order valence-corrected chi connectivity index (χ3v) is 4.64. The van der Waals surface area contributed by atoms with E-state index in [0.717, 1.165) is 29.4 Å². The summed E-state index contributed by atoms with van der Waals surface area (Å²) < 4.78 is 0. The second-order valence-corrected chi connectivity index (χ2v) is 6.26. The van der Waals surface area contributed by atoms with Crippen LogP contribution in [0.25, 0.3) is 10.9 Å². The molecule has 0 atom stereocenters. The lowest BCUT2D eigenvalue weighted by atomic mass is 9.81. The van der Waals surface area contributed by atoms with Crippen LogP contribution in [0, 0.1) is 0 Å². The van der Waals surface area contributed by atoms with Gasteiger partial charge >= 0.3 is 0 Å². The van der Waals surface area contributed by atoms with Crippen molar-refractivity contribution in [1.29, 1.82) is 0 Å². The van der Waals surface area contributed by atoms with Crippen molar-refractivity contribution in [2.75, 3.05) is 4.90 Å². The van der Waals surface area contributed by atoms with Crippen LogP contribution in [0.1, 0.15) is 46.0 Å². The number of carbonyl (C=O) groups is 1. The molecule has 0 saturated heterocycles. The molecule has 3 nitrogen and oxygen atoms in total. The summed E-state index contributed by atoms with van der Waals surface area (Å²) in [6.07, 6.45) is 7.59. The number of para-hydroxylation sites is 1. The van der Waals surface area contributed by atoms with Crippen molar-refractivity contribution in [2.45, 2.75) is 51.5 Å². The highest BCUT2D eigenvalue weighted by Crippen LogP contribution is 2.38. The number of hydrogen-bond acceptors (Lipinski definition) is 2. The van der Waals surface area contributed by atoms with E-state index in [2.05, 4.69) is 11.9 Å². The first-order valence-corrected chi connectivity index (χ1v) is 7.76. The van der Waals surface area contributed by atoms with Crippen molar-refractivity contribution in [3.05, 3.63) is 36.5 Å². The predicted molar refractivity (Wildman–Crippen MR) is 86.4 cm³/mol. The molecule has 1 heterocycles. The van der Waals surface area contributed by atoms with Gasteiger partial charge in [0.15, 0.2) is 0 Å². The van der Waals surface area contributed by atoms with Gasteiger partial charge in [-0.2, -0.15) is 0 Å². The van der Waals surface area contributed by atoms with Gasteiger partial charge in [0, 0.05) is 24.0 Å². The molecule has 0 radical (unpaired) electrons. The van der Waals surface area contributed by atoms with E-state index < -0.39 is 0 Å². The summed E-state index contributed by atoms with van der Waals surface area (Å²) in [7, 11) is 0. The molecule has 0 spiro atoms. The van der Waals surface area contributed by atoms with E-state index in [1.807, 2.05) is 35.2 Å². The summed E-state index contributed by atoms with van der Waals surface area (Å²) >= 11 is 0. The van der Waals surface area contributed by atoms with E-state index in [9.17, 15) is 4.79 Å². The summed E-state index contributed by atoms with van der Waals surface area (Å²) in [5.41, 5.74) is 1.78. The number of hydrogen-bond donors (Lipinski definition) is 0. The number of pyridine rings is 1. The van der Waals surface area contributed by atoms with Crippen LogP contribution in [0.4, 0.5) is 5.69 Å². The molecule has 1 aliphatic carbocycles. The summed E-state index contributed by atoms with van der Waals surface area (Å²) in [6, 6.07) is 10.1. The van der Waals surface area contributed by atoms with E-state index in [1.165, 1.54) is 19.3 Å². The number of aromatic nitrogens is 1. The summed E-state index contributed by atoms with van der Waals surface area (Å²) in [6.45, 7) is 3.89. The highest BCUT2D eigenvalue weighted by atomic mass is 16.2. The Labute approximate surface area is 126 Å². The second-order valence-electron chi connectivity index (χ2n) is 6.26. The Morgan fingerprint density at radius 3 is 2.57 bits per heavy atom. The van der Waals surface area contributed by atoms with Gasteiger partial charge < -0.3 is 4.90 Å². The summed E-state index contributed by atoms with van der Waals surface area (Å²) in [5.74, 6) is 0.109. The Morgan fingerprint density at radius 2 is 1.86 bits per heavy atom. The normalized spacial score (nSPS) is 17.6. The Bertz CT molecular complexity index is 654. The van der Waals surface area contributed by atoms with E-state index >= 15 is 0 Å². The summed E-state index contributed by atoms with van der Waals surface area (Å²) in [5, 5.41) is 1.08. The molecule has 0 bridgehead atoms. The van der Waals surface area contributed by atoms with Crippen molar-refractivity contribution in [1.82, 2.24) is 4.98 Å². The molecule has 1 fully saturated rings. The predicted octanol–water partition coefficient (Wildman–Crippen LogP) is 4.31. The van der Waals surface area contributed by atoms with Crippen LogP contribution in [-0.4, -0.2) is 16.4 Å². The van der Waals surface area contributed by atoms with Crippen molar-refractivity contribution >= 4 is 22.5 Å². The number of nitrogens with zero attached hydrogens (tertiary/aromatic N) is 2. The van der Waals surface area contributed by atoms with Gasteiger partial charge in [0.2, 0.25) is 5.91 Å². The van der Waals surface area contributed by atoms with Gasteiger partial charge in [-0.05, 0) is 31.9 Å². The highest BCUT2D eigenvalue weighted by Gasteiger charge is 2.36. The van der Waals surface area contributed by atoms with Crippen molar-refractivity contribution in [3.63, 3.8) is 0 Å². The third kappa shape index (κ3) is 2.53. The van der Waals surface area contributed by atoms with Gasteiger partial charge in [0.25, 0.3) is 0 Å². The number of benzene rings is 1. The highest BCUT2D eigenvalue weighted by molar-refractivity contribution is 6.02. The van der Waals surface area contributed by atoms with Crippen LogP contribution in [0.3, 0.4) is 0 Å². The first-order valence-electron chi connectivity index (χ1n) is 7.76. The van der Waals surface area contributed by atoms with Gasteiger partial charge in [-0.15, -0.1) is 0 Å². The molecule has 1 aromatic carbocycles. The fourth-order valence-corrected chi connectivity index (χ4v) is 3.65. The second kappa shape index (κ2) is 5.47. The molecule has 3 rings (SSSR count). The van der Waals surface area contributed by atoms with E-state index in [-0.39, 0.29) is 11.4 Å². The number of rotatable bonds is 2. The maximum Gasteiger partial charge on any atom is 0.224 e. The van der Waals surface area contributed by atoms with Gasteiger partial charge in [-0.1, -0.05) is 37.5 Å². The molecule has 110 valence electrons. The van der Waals surface area contributed by atoms with Gasteiger partial charge in [0.1, 0.15) is 0 Å². The number of fused-ring (bicyclic) bond motifs is 1. The van der Waals surface area contributed by atoms with E-state index in [0.29, 0.717) is 0 Å². The molecule has 1 amide bonds. The zero-order chi connectivity index (χ0) is 14.9. The molecule has 2 aromatic rings. The topological polar surface area (TPSA) is 33.2 Å². The number of amides is 1. The van der Waals surface area contributed by atoms with E-state index in [1.54, 1.807) is 13.1 Å². The molecular formula is C18H22N2O. The third-order valence-electron chi connectivity index (χ3n) is 4.64. The van der Waals surface area contributed by atoms with Crippen molar-refractivity contribution < 1.29 is 4.79 Å². The zero-order valence-electron chi connectivity index (χ0n) is 12.8. The fourth-order valence-electron chi connectivity index (χ4n) is 3.65. The van der Waals surface area contributed by atoms with Crippen LogP contribution >= 0.6 is 0 Å². The lowest BCUT2D eigenvalue weighted by molar-refractivity contribution is -0.117. The fraction of sp³-hybridized carbons (Fsp3) is 0.444. The Morgan fingerprint density at radius 1 is 1.14 bits per heavy atom. The lowest BCUT2D eigenvalue weighted by Crippen LogP contribution is -2.50. The minimum atomic E-state index is -0.0874. The molecule has 0 unspecified atom stereocenters. The minimum absolute atomic E-state index is 0.0874. The molecule has 21 heavy (non-hydrogen) atoms. The zero-order valence-corrected chi connectivity index (χ0v) is 12.8. The van der Waals surface area contributed by atoms with Crippen LogP contribution in [0.5, 0.6) is 0 Å². The van der Waals surface area contributed by atoms with Crippen LogP contribution in [-0.2, 0) is 4.79 Å². The minimum Gasteiger partial charge on any atom is -0.305 e. The molecule has 0 aliphatic heterocycles. The van der Waals surface area contributed by atoms with Gasteiger partial charge in [-0.25, -0.2) is 0 Å². The molecule has 1 aromatic heterocycles. The molecule has 3 heteroatoms. The largest absolute Gasteiger partial charge is 0.305 e. The number of anilines is 1. The smallest absolute Gasteiger partial charge is 0.224 e. The monoisotopic (exact) mass is 282 g/mol. The summed E-state index contributed by atoms with van der Waals surface area (Å²) in [4.78, 5) is 18.9. The van der Waals surface area contributed by atoms with Crippen LogP contribution in [0.2, 0.25) is 0 Å². The Kier molecular flexibility index (Phi) is 3.66. The SMILES string of the molecule is CC(=O)N(c1cccc2cccnc12)C1(C)CCCCC1. The van der Waals surface area contributed by atoms with Crippen LogP contribution < -0.4 is 4.90 Å². The molecular weight excluding hydrogens is 260 g/mol. The first kappa shape index (κ1) is 14.1.